The van der Waals surface area contributed by atoms with Gasteiger partial charge in [-0.1, -0.05) is 44.2 Å². The van der Waals surface area contributed by atoms with E-state index < -0.39 is 0 Å². The lowest BCUT2D eigenvalue weighted by Gasteiger charge is -2.44. The normalized spacial score (nSPS) is 27.2. The van der Waals surface area contributed by atoms with E-state index in [0.29, 0.717) is 12.7 Å². The SMILES string of the molecule is C[C](C)COC1(C)CC(OCc2ccccc2)C1. The van der Waals surface area contributed by atoms with E-state index in [-0.39, 0.29) is 5.60 Å². The molecule has 1 aromatic carbocycles. The van der Waals surface area contributed by atoms with Crippen LogP contribution in [-0.2, 0) is 16.1 Å². The molecule has 2 nitrogen and oxygen atoms in total. The van der Waals surface area contributed by atoms with Crippen molar-refractivity contribution in [2.45, 2.75) is 51.9 Å². The molecule has 1 aliphatic rings. The monoisotopic (exact) mass is 247 g/mol. The van der Waals surface area contributed by atoms with Crippen LogP contribution >= 0.6 is 0 Å². The highest BCUT2D eigenvalue weighted by atomic mass is 16.5. The lowest BCUT2D eigenvalue weighted by Crippen LogP contribution is -2.48. The zero-order chi connectivity index (χ0) is 13.0. The molecule has 0 saturated heterocycles. The first kappa shape index (κ1) is 13.6. The van der Waals surface area contributed by atoms with Crippen LogP contribution < -0.4 is 0 Å². The Kier molecular flexibility index (Phi) is 4.41. The second-order valence-corrected chi connectivity index (χ2v) is 5.77. The maximum atomic E-state index is 5.89. The molecule has 1 radical (unpaired) electrons. The highest BCUT2D eigenvalue weighted by Gasteiger charge is 2.42. The van der Waals surface area contributed by atoms with Gasteiger partial charge in [0.15, 0.2) is 0 Å². The van der Waals surface area contributed by atoms with Crippen molar-refractivity contribution in [1.29, 1.82) is 0 Å². The number of hydrogen-bond acceptors (Lipinski definition) is 2. The summed E-state index contributed by atoms with van der Waals surface area (Å²) in [6.07, 6.45) is 2.37. The summed E-state index contributed by atoms with van der Waals surface area (Å²) in [4.78, 5) is 0. The fraction of sp³-hybridized carbons (Fsp3) is 0.562. The fourth-order valence-electron chi connectivity index (χ4n) is 2.25. The van der Waals surface area contributed by atoms with E-state index in [9.17, 15) is 0 Å². The Balaban J connectivity index is 1.67. The molecule has 99 valence electrons. The summed E-state index contributed by atoms with van der Waals surface area (Å²) >= 11 is 0. The lowest BCUT2D eigenvalue weighted by molar-refractivity contribution is -0.163. The molecule has 2 heteroatoms. The largest absolute Gasteiger partial charge is 0.375 e. The maximum absolute atomic E-state index is 5.89. The fourth-order valence-corrected chi connectivity index (χ4v) is 2.25. The summed E-state index contributed by atoms with van der Waals surface area (Å²) in [5.41, 5.74) is 1.27. The van der Waals surface area contributed by atoms with Crippen molar-refractivity contribution < 1.29 is 9.47 Å². The first-order valence-corrected chi connectivity index (χ1v) is 6.66. The molecule has 0 aromatic heterocycles. The minimum absolute atomic E-state index is 0.0264. The van der Waals surface area contributed by atoms with Crippen molar-refractivity contribution in [3.8, 4) is 0 Å². The summed E-state index contributed by atoms with van der Waals surface area (Å²) in [5.74, 6) is 1.32. The molecule has 2 rings (SSSR count). The second kappa shape index (κ2) is 5.85. The van der Waals surface area contributed by atoms with Gasteiger partial charge in [0.1, 0.15) is 0 Å². The Labute approximate surface area is 110 Å². The van der Waals surface area contributed by atoms with E-state index in [0.717, 1.165) is 19.4 Å². The zero-order valence-electron chi connectivity index (χ0n) is 11.6. The van der Waals surface area contributed by atoms with Crippen molar-refractivity contribution >= 4 is 0 Å². The number of ether oxygens (including phenoxy) is 2. The van der Waals surface area contributed by atoms with Gasteiger partial charge in [0.25, 0.3) is 0 Å². The molecule has 1 fully saturated rings. The van der Waals surface area contributed by atoms with Gasteiger partial charge in [-0.25, -0.2) is 0 Å². The van der Waals surface area contributed by atoms with Gasteiger partial charge in [-0.15, -0.1) is 0 Å². The molecule has 0 N–H and O–H groups in total. The number of benzene rings is 1. The zero-order valence-corrected chi connectivity index (χ0v) is 11.6. The Morgan fingerprint density at radius 1 is 1.22 bits per heavy atom. The first-order valence-electron chi connectivity index (χ1n) is 6.66. The molecular weight excluding hydrogens is 224 g/mol. The van der Waals surface area contributed by atoms with E-state index in [2.05, 4.69) is 32.9 Å². The van der Waals surface area contributed by atoms with Crippen LogP contribution in [0.1, 0.15) is 39.2 Å². The van der Waals surface area contributed by atoms with Gasteiger partial charge >= 0.3 is 0 Å². The molecule has 0 atom stereocenters. The summed E-state index contributed by atoms with van der Waals surface area (Å²) in [6, 6.07) is 10.3. The van der Waals surface area contributed by atoms with Crippen molar-refractivity contribution in [2.75, 3.05) is 6.61 Å². The van der Waals surface area contributed by atoms with E-state index in [4.69, 9.17) is 9.47 Å². The van der Waals surface area contributed by atoms with E-state index >= 15 is 0 Å². The molecule has 1 aliphatic carbocycles. The third-order valence-electron chi connectivity index (χ3n) is 3.36. The average molecular weight is 247 g/mol. The number of rotatable bonds is 6. The number of hydrogen-bond donors (Lipinski definition) is 0. The van der Waals surface area contributed by atoms with Crippen LogP contribution in [0.4, 0.5) is 0 Å². The van der Waals surface area contributed by atoms with Gasteiger partial charge in [0, 0.05) is 12.8 Å². The van der Waals surface area contributed by atoms with Crippen molar-refractivity contribution in [3.05, 3.63) is 41.8 Å². The first-order chi connectivity index (χ1) is 8.57. The average Bonchev–Trinajstić information content (AvgIpc) is 2.32. The molecule has 18 heavy (non-hydrogen) atoms. The van der Waals surface area contributed by atoms with Gasteiger partial charge in [0.05, 0.1) is 24.9 Å². The van der Waals surface area contributed by atoms with Gasteiger partial charge in [0.2, 0.25) is 0 Å². The summed E-state index contributed by atoms with van der Waals surface area (Å²) < 4.78 is 11.8. The predicted octanol–water partition coefficient (Wildman–Crippen LogP) is 3.76. The van der Waals surface area contributed by atoms with Crippen LogP contribution in [0.25, 0.3) is 0 Å². The van der Waals surface area contributed by atoms with E-state index in [1.165, 1.54) is 11.5 Å². The van der Waals surface area contributed by atoms with Crippen LogP contribution in [0.3, 0.4) is 0 Å². The smallest absolute Gasteiger partial charge is 0.0720 e. The lowest BCUT2D eigenvalue weighted by atomic mass is 9.78. The minimum Gasteiger partial charge on any atom is -0.375 e. The van der Waals surface area contributed by atoms with Crippen LogP contribution in [0.15, 0.2) is 30.3 Å². The Bertz CT molecular complexity index is 353. The summed E-state index contributed by atoms with van der Waals surface area (Å²) in [5, 5.41) is 0. The predicted molar refractivity (Wildman–Crippen MR) is 73.2 cm³/mol. The highest BCUT2D eigenvalue weighted by molar-refractivity contribution is 5.13. The molecule has 1 saturated carbocycles. The third kappa shape index (κ3) is 3.82. The molecule has 0 unspecified atom stereocenters. The molecule has 0 heterocycles. The molecule has 0 aliphatic heterocycles. The van der Waals surface area contributed by atoms with Crippen molar-refractivity contribution in [3.63, 3.8) is 0 Å². The summed E-state index contributed by atoms with van der Waals surface area (Å²) in [6.45, 7) is 7.86. The third-order valence-corrected chi connectivity index (χ3v) is 3.36. The van der Waals surface area contributed by atoms with Gasteiger partial charge < -0.3 is 9.47 Å². The molecule has 0 amide bonds. The topological polar surface area (TPSA) is 18.5 Å². The Morgan fingerprint density at radius 3 is 2.50 bits per heavy atom. The van der Waals surface area contributed by atoms with Crippen molar-refractivity contribution in [2.24, 2.45) is 0 Å². The Hall–Kier alpha value is -0.860. The summed E-state index contributed by atoms with van der Waals surface area (Å²) in [7, 11) is 0. The molecule has 1 aromatic rings. The molecule has 0 bridgehead atoms. The van der Waals surface area contributed by atoms with Crippen molar-refractivity contribution in [1.82, 2.24) is 0 Å². The van der Waals surface area contributed by atoms with E-state index in [1.807, 2.05) is 18.2 Å². The Morgan fingerprint density at radius 2 is 1.89 bits per heavy atom. The van der Waals surface area contributed by atoms with Gasteiger partial charge in [-0.3, -0.25) is 0 Å². The molecular formula is C16H23O2. The van der Waals surface area contributed by atoms with Crippen LogP contribution in [-0.4, -0.2) is 18.3 Å². The second-order valence-electron chi connectivity index (χ2n) is 5.77. The van der Waals surface area contributed by atoms with Gasteiger partial charge in [-0.2, -0.15) is 0 Å². The van der Waals surface area contributed by atoms with Crippen LogP contribution in [0, 0.1) is 5.92 Å². The quantitative estimate of drug-likeness (QED) is 0.762. The standard InChI is InChI=1S/C16H23O2/c1-13(2)11-18-16(3)9-15(10-16)17-12-14-7-5-4-6-8-14/h4-8,15H,9-12H2,1-3H3. The van der Waals surface area contributed by atoms with Crippen LogP contribution in [0.2, 0.25) is 0 Å². The maximum Gasteiger partial charge on any atom is 0.0720 e. The molecule has 0 spiro atoms. The van der Waals surface area contributed by atoms with Gasteiger partial charge in [-0.05, 0) is 18.4 Å². The van der Waals surface area contributed by atoms with E-state index in [1.54, 1.807) is 0 Å². The highest BCUT2D eigenvalue weighted by Crippen LogP contribution is 2.38. The minimum atomic E-state index is 0.0264. The van der Waals surface area contributed by atoms with Crippen LogP contribution in [0.5, 0.6) is 0 Å².